The summed E-state index contributed by atoms with van der Waals surface area (Å²) in [6.07, 6.45) is 5.21. The van der Waals surface area contributed by atoms with E-state index < -0.39 is 0 Å². The highest BCUT2D eigenvalue weighted by atomic mass is 16.6. The lowest BCUT2D eigenvalue weighted by atomic mass is 9.88. The Balaban J connectivity index is 2.01. The number of anilines is 1. The first-order chi connectivity index (χ1) is 9.61. The Labute approximate surface area is 121 Å². The molecule has 1 aliphatic carbocycles. The van der Waals surface area contributed by atoms with Gasteiger partial charge in [-0.1, -0.05) is 38.5 Å². The SMILES string of the molecule is CCc1cccc(C)c1NC(=O)O[C@@H]1CCCC[C@H]1C. The molecule has 20 heavy (non-hydrogen) atoms. The van der Waals surface area contributed by atoms with Crippen molar-refractivity contribution in [3.8, 4) is 0 Å². The van der Waals surface area contributed by atoms with Crippen LogP contribution in [0, 0.1) is 12.8 Å². The van der Waals surface area contributed by atoms with Crippen LogP contribution in [0.4, 0.5) is 10.5 Å². The number of rotatable bonds is 3. The van der Waals surface area contributed by atoms with Gasteiger partial charge in [-0.2, -0.15) is 0 Å². The molecule has 2 atom stereocenters. The van der Waals surface area contributed by atoms with Crippen molar-refractivity contribution in [2.24, 2.45) is 5.92 Å². The molecule has 1 aliphatic rings. The Hall–Kier alpha value is -1.51. The lowest BCUT2D eigenvalue weighted by Crippen LogP contribution is -2.30. The van der Waals surface area contributed by atoms with Crippen LogP contribution in [-0.4, -0.2) is 12.2 Å². The third-order valence-corrected chi connectivity index (χ3v) is 4.26. The number of hydrogen-bond donors (Lipinski definition) is 1. The first-order valence-corrected chi connectivity index (χ1v) is 7.68. The Kier molecular flexibility index (Phi) is 5.05. The van der Waals surface area contributed by atoms with Gasteiger partial charge in [-0.05, 0) is 49.7 Å². The maximum absolute atomic E-state index is 12.1. The van der Waals surface area contributed by atoms with Crippen LogP contribution in [-0.2, 0) is 11.2 Å². The van der Waals surface area contributed by atoms with Crippen molar-refractivity contribution in [2.45, 2.75) is 59.0 Å². The zero-order valence-corrected chi connectivity index (χ0v) is 12.7. The Morgan fingerprint density at radius 3 is 2.80 bits per heavy atom. The summed E-state index contributed by atoms with van der Waals surface area (Å²) in [6.45, 7) is 6.27. The molecule has 0 radical (unpaired) electrons. The summed E-state index contributed by atoms with van der Waals surface area (Å²) in [4.78, 5) is 12.1. The van der Waals surface area contributed by atoms with E-state index in [1.165, 1.54) is 6.42 Å². The molecule has 1 saturated carbocycles. The molecule has 2 rings (SSSR count). The van der Waals surface area contributed by atoms with Gasteiger partial charge in [0.25, 0.3) is 0 Å². The molecular formula is C17H25NO2. The van der Waals surface area contributed by atoms with Gasteiger partial charge in [-0.3, -0.25) is 5.32 Å². The molecule has 1 aromatic rings. The molecule has 0 spiro atoms. The predicted molar refractivity (Wildman–Crippen MR) is 82.1 cm³/mol. The fourth-order valence-electron chi connectivity index (χ4n) is 2.93. The third kappa shape index (κ3) is 3.53. The van der Waals surface area contributed by atoms with Crippen molar-refractivity contribution in [1.29, 1.82) is 0 Å². The van der Waals surface area contributed by atoms with Gasteiger partial charge in [0.05, 0.1) is 5.69 Å². The van der Waals surface area contributed by atoms with E-state index in [9.17, 15) is 4.79 Å². The van der Waals surface area contributed by atoms with Crippen LogP contribution >= 0.6 is 0 Å². The number of carbonyl (C=O) groups excluding carboxylic acids is 1. The van der Waals surface area contributed by atoms with E-state index >= 15 is 0 Å². The van der Waals surface area contributed by atoms with Crippen molar-refractivity contribution in [3.05, 3.63) is 29.3 Å². The highest BCUT2D eigenvalue weighted by molar-refractivity contribution is 5.87. The number of amides is 1. The first-order valence-electron chi connectivity index (χ1n) is 7.68. The minimum Gasteiger partial charge on any atom is -0.446 e. The van der Waals surface area contributed by atoms with Gasteiger partial charge in [-0.15, -0.1) is 0 Å². The normalized spacial score (nSPS) is 22.4. The number of aryl methyl sites for hydroxylation is 2. The van der Waals surface area contributed by atoms with Crippen LogP contribution in [0.25, 0.3) is 0 Å². The Morgan fingerprint density at radius 2 is 2.10 bits per heavy atom. The summed E-state index contributed by atoms with van der Waals surface area (Å²) >= 11 is 0. The van der Waals surface area contributed by atoms with Crippen molar-refractivity contribution < 1.29 is 9.53 Å². The zero-order chi connectivity index (χ0) is 14.5. The second-order valence-corrected chi connectivity index (χ2v) is 5.79. The quantitative estimate of drug-likeness (QED) is 0.869. The first kappa shape index (κ1) is 14.9. The molecule has 0 saturated heterocycles. The van der Waals surface area contributed by atoms with Crippen molar-refractivity contribution in [1.82, 2.24) is 0 Å². The smallest absolute Gasteiger partial charge is 0.411 e. The number of ether oxygens (including phenoxy) is 1. The van der Waals surface area contributed by atoms with Crippen molar-refractivity contribution >= 4 is 11.8 Å². The third-order valence-electron chi connectivity index (χ3n) is 4.26. The van der Waals surface area contributed by atoms with Crippen LogP contribution in [0.3, 0.4) is 0 Å². The maximum atomic E-state index is 12.1. The van der Waals surface area contributed by atoms with Crippen molar-refractivity contribution in [3.63, 3.8) is 0 Å². The number of nitrogens with one attached hydrogen (secondary N) is 1. The standard InChI is InChI=1S/C17H25NO2/c1-4-14-10-7-9-13(3)16(14)18-17(19)20-15-11-6-5-8-12(15)2/h7,9-10,12,15H,4-6,8,11H2,1-3H3,(H,18,19)/t12-,15-/m1/s1. The molecule has 0 unspecified atom stereocenters. The van der Waals surface area contributed by atoms with E-state index in [0.717, 1.165) is 42.5 Å². The number of carbonyl (C=O) groups is 1. The van der Waals surface area contributed by atoms with Gasteiger partial charge in [0.1, 0.15) is 6.10 Å². The molecular weight excluding hydrogens is 250 g/mol. The van der Waals surface area contributed by atoms with Crippen LogP contribution in [0.5, 0.6) is 0 Å². The largest absolute Gasteiger partial charge is 0.446 e. The topological polar surface area (TPSA) is 38.3 Å². The molecule has 1 fully saturated rings. The highest BCUT2D eigenvalue weighted by Crippen LogP contribution is 2.27. The molecule has 0 aromatic heterocycles. The molecule has 1 N–H and O–H groups in total. The Morgan fingerprint density at radius 1 is 1.35 bits per heavy atom. The van der Waals surface area contributed by atoms with Gasteiger partial charge >= 0.3 is 6.09 Å². The minimum atomic E-state index is -0.312. The molecule has 1 amide bonds. The second kappa shape index (κ2) is 6.78. The van der Waals surface area contributed by atoms with Gasteiger partial charge < -0.3 is 4.74 Å². The second-order valence-electron chi connectivity index (χ2n) is 5.79. The summed E-state index contributed by atoms with van der Waals surface area (Å²) in [5, 5.41) is 2.94. The van der Waals surface area contributed by atoms with Crippen LogP contribution in [0.15, 0.2) is 18.2 Å². The molecule has 3 heteroatoms. The van der Waals surface area contributed by atoms with Gasteiger partial charge in [0.15, 0.2) is 0 Å². The van der Waals surface area contributed by atoms with E-state index in [-0.39, 0.29) is 12.2 Å². The molecule has 110 valence electrons. The molecule has 3 nitrogen and oxygen atoms in total. The maximum Gasteiger partial charge on any atom is 0.411 e. The van der Waals surface area contributed by atoms with E-state index in [0.29, 0.717) is 5.92 Å². The van der Waals surface area contributed by atoms with Gasteiger partial charge in [-0.25, -0.2) is 4.79 Å². The average molecular weight is 275 g/mol. The highest BCUT2D eigenvalue weighted by Gasteiger charge is 2.25. The fourth-order valence-corrected chi connectivity index (χ4v) is 2.93. The van der Waals surface area contributed by atoms with Crippen LogP contribution in [0.1, 0.15) is 50.7 Å². The van der Waals surface area contributed by atoms with Gasteiger partial charge in [0, 0.05) is 0 Å². The molecule has 0 aliphatic heterocycles. The summed E-state index contributed by atoms with van der Waals surface area (Å²) < 4.78 is 5.61. The molecule has 0 heterocycles. The van der Waals surface area contributed by atoms with E-state index in [2.05, 4.69) is 19.2 Å². The summed E-state index contributed by atoms with van der Waals surface area (Å²) in [5.74, 6) is 0.469. The predicted octanol–water partition coefficient (Wildman–Crippen LogP) is 4.68. The Bertz CT molecular complexity index is 470. The van der Waals surface area contributed by atoms with Crippen LogP contribution in [0.2, 0.25) is 0 Å². The zero-order valence-electron chi connectivity index (χ0n) is 12.7. The summed E-state index contributed by atoms with van der Waals surface area (Å²) in [6, 6.07) is 6.08. The number of hydrogen-bond acceptors (Lipinski definition) is 2. The average Bonchev–Trinajstić information content (AvgIpc) is 2.43. The van der Waals surface area contributed by atoms with E-state index in [1.807, 2.05) is 25.1 Å². The molecule has 0 bridgehead atoms. The lowest BCUT2D eigenvalue weighted by Gasteiger charge is -2.28. The fraction of sp³-hybridized carbons (Fsp3) is 0.588. The minimum absolute atomic E-state index is 0.0674. The monoisotopic (exact) mass is 275 g/mol. The molecule has 1 aromatic carbocycles. The number of para-hydroxylation sites is 1. The summed E-state index contributed by atoms with van der Waals surface area (Å²) in [5.41, 5.74) is 3.14. The van der Waals surface area contributed by atoms with Crippen molar-refractivity contribution in [2.75, 3.05) is 5.32 Å². The number of benzene rings is 1. The van der Waals surface area contributed by atoms with E-state index in [4.69, 9.17) is 4.74 Å². The summed E-state index contributed by atoms with van der Waals surface area (Å²) in [7, 11) is 0. The lowest BCUT2D eigenvalue weighted by molar-refractivity contribution is 0.0524. The van der Waals surface area contributed by atoms with E-state index in [1.54, 1.807) is 0 Å². The van der Waals surface area contributed by atoms with Crippen LogP contribution < -0.4 is 5.32 Å². The van der Waals surface area contributed by atoms with Gasteiger partial charge in [0.2, 0.25) is 0 Å².